The second kappa shape index (κ2) is 15.1. The molecule has 0 amide bonds. The predicted molar refractivity (Wildman–Crippen MR) is 184 cm³/mol. The lowest BCUT2D eigenvalue weighted by Gasteiger charge is -2.39. The normalized spacial score (nSPS) is 18.7. The molecule has 0 saturated carbocycles. The minimum absolute atomic E-state index is 0.0961. The number of aliphatic hydroxyl groups excluding tert-OH is 2. The maximum atomic E-state index is 12.0. The van der Waals surface area contributed by atoms with E-state index in [4.69, 9.17) is 23.7 Å². The molecule has 48 heavy (non-hydrogen) atoms. The van der Waals surface area contributed by atoms with Gasteiger partial charge in [0.1, 0.15) is 30.6 Å². The third-order valence-corrected chi connectivity index (χ3v) is 9.62. The number of aromatic hydroxyl groups is 1. The summed E-state index contributed by atoms with van der Waals surface area (Å²) >= 11 is 0. The van der Waals surface area contributed by atoms with Crippen molar-refractivity contribution in [2.45, 2.75) is 70.6 Å². The average Bonchev–Trinajstić information content (AvgIpc) is 3.09. The van der Waals surface area contributed by atoms with Gasteiger partial charge in [-0.25, -0.2) is 0 Å². The van der Waals surface area contributed by atoms with E-state index in [1.54, 1.807) is 12.1 Å². The molecule has 11 nitrogen and oxygen atoms in total. The summed E-state index contributed by atoms with van der Waals surface area (Å²) in [7, 11) is 2.96. The number of ether oxygens (including phenoxy) is 5. The first-order valence-electron chi connectivity index (χ1n) is 17.2. The van der Waals surface area contributed by atoms with Crippen LogP contribution in [0.15, 0.2) is 24.3 Å². The van der Waals surface area contributed by atoms with Gasteiger partial charge in [-0.15, -0.1) is 0 Å². The largest absolute Gasteiger partial charge is 0.502 e. The monoisotopic (exact) mass is 663 g/mol. The maximum Gasteiger partial charge on any atom is 0.200 e. The number of hydrogen-bond donors (Lipinski definition) is 6. The molecule has 3 aliphatic rings. The number of rotatable bonds is 16. The van der Waals surface area contributed by atoms with Crippen molar-refractivity contribution in [2.24, 2.45) is 0 Å². The maximum absolute atomic E-state index is 12.0. The highest BCUT2D eigenvalue weighted by Gasteiger charge is 2.41. The quantitative estimate of drug-likeness (QED) is 0.0879. The number of unbranched alkanes of at least 4 members (excludes halogenated alkanes) is 3. The fourth-order valence-corrected chi connectivity index (χ4v) is 7.19. The van der Waals surface area contributed by atoms with E-state index in [1.807, 2.05) is 19.1 Å². The topological polar surface area (TPSA) is 143 Å². The molecule has 0 bridgehead atoms. The first-order chi connectivity index (χ1) is 23.4. The summed E-state index contributed by atoms with van der Waals surface area (Å²) < 4.78 is 29.8. The molecule has 0 spiro atoms. The average molecular weight is 664 g/mol. The van der Waals surface area contributed by atoms with Crippen molar-refractivity contribution in [3.8, 4) is 45.6 Å². The zero-order valence-corrected chi connectivity index (χ0v) is 28.4. The Morgan fingerprint density at radius 1 is 0.833 bits per heavy atom. The number of methoxy groups -OCH3 is 2. The Balaban J connectivity index is 1.37. The fourth-order valence-electron chi connectivity index (χ4n) is 7.19. The van der Waals surface area contributed by atoms with Gasteiger partial charge in [0.05, 0.1) is 32.5 Å². The van der Waals surface area contributed by atoms with Crippen LogP contribution in [0.4, 0.5) is 5.69 Å². The van der Waals surface area contributed by atoms with Crippen LogP contribution < -0.4 is 39.6 Å². The van der Waals surface area contributed by atoms with Crippen LogP contribution in [-0.4, -0.2) is 69.1 Å². The van der Waals surface area contributed by atoms with Gasteiger partial charge in [0, 0.05) is 52.5 Å². The van der Waals surface area contributed by atoms with E-state index in [-0.39, 0.29) is 30.6 Å². The van der Waals surface area contributed by atoms with E-state index < -0.39 is 18.2 Å². The van der Waals surface area contributed by atoms with Gasteiger partial charge in [-0.2, -0.15) is 0 Å². The third-order valence-electron chi connectivity index (χ3n) is 9.62. The molecular weight excluding hydrogens is 614 g/mol. The summed E-state index contributed by atoms with van der Waals surface area (Å²) in [6, 6.07) is 7.22. The molecule has 11 heteroatoms. The van der Waals surface area contributed by atoms with E-state index >= 15 is 0 Å². The van der Waals surface area contributed by atoms with Crippen LogP contribution in [-0.2, 0) is 12.8 Å². The van der Waals surface area contributed by atoms with Gasteiger partial charge in [-0.3, -0.25) is 5.32 Å². The molecule has 3 aromatic rings. The van der Waals surface area contributed by atoms with E-state index in [2.05, 4.69) is 22.9 Å². The highest BCUT2D eigenvalue weighted by atomic mass is 16.5. The lowest BCUT2D eigenvalue weighted by Crippen LogP contribution is -2.29. The van der Waals surface area contributed by atoms with Gasteiger partial charge in [0.25, 0.3) is 0 Å². The minimum Gasteiger partial charge on any atom is -0.502 e. The molecule has 6 rings (SSSR count). The molecule has 0 radical (unpaired) electrons. The van der Waals surface area contributed by atoms with Crippen molar-refractivity contribution in [2.75, 3.05) is 59.1 Å². The van der Waals surface area contributed by atoms with Gasteiger partial charge in [-0.1, -0.05) is 33.1 Å². The number of hydrogen-bond acceptors (Lipinski definition) is 11. The number of nitrogens with one attached hydrogen (secondary N) is 3. The summed E-state index contributed by atoms with van der Waals surface area (Å²) in [5, 5.41) is 44.0. The lowest BCUT2D eigenvalue weighted by molar-refractivity contribution is 0.0878. The number of phenols is 1. The molecular formula is C37H49N3O8. The second-order valence-corrected chi connectivity index (χ2v) is 12.6. The predicted octanol–water partition coefficient (Wildman–Crippen LogP) is 5.30. The van der Waals surface area contributed by atoms with E-state index in [0.29, 0.717) is 36.5 Å². The number of aliphatic hydroxyl groups is 2. The van der Waals surface area contributed by atoms with Crippen molar-refractivity contribution in [1.82, 2.24) is 10.6 Å². The summed E-state index contributed by atoms with van der Waals surface area (Å²) in [6.45, 7) is 7.66. The zero-order valence-electron chi connectivity index (χ0n) is 28.4. The second-order valence-electron chi connectivity index (χ2n) is 12.6. The van der Waals surface area contributed by atoms with Crippen molar-refractivity contribution >= 4 is 5.69 Å². The highest BCUT2D eigenvalue weighted by Crippen LogP contribution is 2.57. The summed E-state index contributed by atoms with van der Waals surface area (Å²) in [5.41, 5.74) is 6.65. The van der Waals surface area contributed by atoms with Crippen LogP contribution in [0.5, 0.6) is 34.5 Å². The number of anilines is 1. The Morgan fingerprint density at radius 2 is 1.60 bits per heavy atom. The van der Waals surface area contributed by atoms with E-state index in [9.17, 15) is 15.3 Å². The van der Waals surface area contributed by atoms with Crippen LogP contribution in [0.2, 0.25) is 0 Å². The molecule has 3 atom stereocenters. The van der Waals surface area contributed by atoms with Crippen LogP contribution in [0, 0.1) is 0 Å². The molecule has 0 saturated heterocycles. The smallest absolute Gasteiger partial charge is 0.200 e. The highest BCUT2D eigenvalue weighted by molar-refractivity contribution is 5.93. The molecule has 0 unspecified atom stereocenters. The SMILES string of the molecule is CCCCCCNCCOc1cc(OCNCC)c2c3c1CCc1c-3c(cc3c1[C@@H](O)[C@H](c1cc(OC)c(O)c(OC)c1)CO3)N[C@@H]2O. The number of phenolic OH excluding ortho intramolecular Hbond substituents is 1. The molecule has 6 N–H and O–H groups in total. The molecule has 2 aliphatic heterocycles. The Bertz CT molecular complexity index is 1590. The third kappa shape index (κ3) is 6.44. The number of benzene rings is 3. The van der Waals surface area contributed by atoms with Crippen LogP contribution >= 0.6 is 0 Å². The van der Waals surface area contributed by atoms with Gasteiger partial charge in [0.15, 0.2) is 17.7 Å². The van der Waals surface area contributed by atoms with Crippen LogP contribution in [0.1, 0.15) is 85.6 Å². The Kier molecular flexibility index (Phi) is 10.7. The van der Waals surface area contributed by atoms with Crippen molar-refractivity contribution < 1.29 is 39.0 Å². The Morgan fingerprint density at radius 3 is 2.33 bits per heavy atom. The first-order valence-corrected chi connectivity index (χ1v) is 17.2. The van der Waals surface area contributed by atoms with Gasteiger partial charge in [-0.05, 0) is 55.6 Å². The molecule has 0 aromatic heterocycles. The summed E-state index contributed by atoms with van der Waals surface area (Å²) in [6.07, 6.45) is 4.24. The van der Waals surface area contributed by atoms with Gasteiger partial charge in [0.2, 0.25) is 5.75 Å². The Labute approximate surface area is 282 Å². The van der Waals surface area contributed by atoms with Crippen molar-refractivity contribution in [1.29, 1.82) is 0 Å². The first kappa shape index (κ1) is 34.0. The van der Waals surface area contributed by atoms with Crippen LogP contribution in [0.25, 0.3) is 11.1 Å². The molecule has 1 aliphatic carbocycles. The molecule has 2 heterocycles. The van der Waals surface area contributed by atoms with Crippen molar-refractivity contribution in [3.63, 3.8) is 0 Å². The lowest BCUT2D eigenvalue weighted by atomic mass is 9.74. The summed E-state index contributed by atoms with van der Waals surface area (Å²) in [5.74, 6) is 1.85. The number of fused-ring (bicyclic) bond motifs is 2. The zero-order chi connectivity index (χ0) is 33.8. The molecule has 0 fully saturated rings. The molecule has 260 valence electrons. The Hall–Kier alpha value is -3.90. The van der Waals surface area contributed by atoms with Crippen LogP contribution in [0.3, 0.4) is 0 Å². The van der Waals surface area contributed by atoms with Gasteiger partial charge >= 0.3 is 0 Å². The van der Waals surface area contributed by atoms with Crippen molar-refractivity contribution in [3.05, 3.63) is 52.1 Å². The standard InChI is InChI=1S/C37H49N3O8/c1-5-7-8-9-12-39-13-14-46-26-18-28(48-20-38-6-2)34-33-22(26)10-11-23-31(33)25(40-37(34)43)17-27-32(23)35(41)24(19-47-27)21-15-29(44-3)36(42)30(16-21)45-4/h15-18,24,35,37-43H,5-14,19-20H2,1-4H3/t24-,35-,37+/m0/s1. The minimum atomic E-state index is -1.01. The summed E-state index contributed by atoms with van der Waals surface area (Å²) in [4.78, 5) is 0. The van der Waals surface area contributed by atoms with E-state index in [1.165, 1.54) is 33.5 Å². The fraction of sp³-hybridized carbons (Fsp3) is 0.514. The van der Waals surface area contributed by atoms with E-state index in [0.717, 1.165) is 70.9 Å². The van der Waals surface area contributed by atoms with Gasteiger partial charge < -0.3 is 49.6 Å². The molecule has 3 aromatic carbocycles.